The molecule has 0 aromatic heterocycles. The third-order valence-electron chi connectivity index (χ3n) is 11.2. The van der Waals surface area contributed by atoms with Gasteiger partial charge in [0.1, 0.15) is 18.2 Å². The molecule has 3 aliphatic carbocycles. The number of nitrogens with two attached hydrogens (primary N) is 1. The molecule has 4 N–H and O–H groups in total. The molecule has 0 aromatic rings. The van der Waals surface area contributed by atoms with Crippen LogP contribution < -0.4 is 5.73 Å². The van der Waals surface area contributed by atoms with Crippen LogP contribution in [0.15, 0.2) is 23.0 Å². The van der Waals surface area contributed by atoms with Crippen molar-refractivity contribution in [3.8, 4) is 0 Å². The van der Waals surface area contributed by atoms with Gasteiger partial charge in [0.2, 0.25) is 11.7 Å². The van der Waals surface area contributed by atoms with Crippen molar-refractivity contribution in [2.45, 2.75) is 96.9 Å². The van der Waals surface area contributed by atoms with Crippen molar-refractivity contribution in [2.24, 2.45) is 40.2 Å². The highest BCUT2D eigenvalue weighted by molar-refractivity contribution is 5.98. The standard InChI is InChI=1S/C32H43NO12/c1-8-14(4)20(33)27(38)45-22-15(5)16-10-18-31-12-42-32(29(40)41-7,26(37)21(36)24(31)30(16,6)11-17(22)34)25(31)23(28(39)43-18)44-19(35)9-13(2)3/h9,14,16,18,20-21,23-26,36-37H,8,10-12,33H2,1-7H3/t14-,16-,18+,20-,21+,23?,24?,25+,26-,30-,31+,32-/m0/s1. The number of hydrogen-bond acceptors (Lipinski definition) is 13. The normalized spacial score (nSPS) is 41.2. The number of allylic oxidation sites excluding steroid dienone is 3. The first-order chi connectivity index (χ1) is 21.0. The van der Waals surface area contributed by atoms with Gasteiger partial charge >= 0.3 is 23.9 Å². The van der Waals surface area contributed by atoms with Crippen LogP contribution in [0, 0.1) is 34.5 Å². The number of hydrogen-bond donors (Lipinski definition) is 3. The lowest BCUT2D eigenvalue weighted by molar-refractivity contribution is -0.290. The zero-order chi connectivity index (χ0) is 33.4. The van der Waals surface area contributed by atoms with Gasteiger partial charge in [-0.1, -0.05) is 32.8 Å². The Kier molecular flexibility index (Phi) is 8.34. The van der Waals surface area contributed by atoms with Crippen LogP contribution in [-0.4, -0.2) is 89.6 Å². The van der Waals surface area contributed by atoms with Crippen molar-refractivity contribution in [2.75, 3.05) is 13.7 Å². The van der Waals surface area contributed by atoms with E-state index in [1.165, 1.54) is 6.08 Å². The van der Waals surface area contributed by atoms with Crippen LogP contribution in [-0.2, 0) is 47.7 Å². The molecule has 0 radical (unpaired) electrons. The second-order valence-corrected chi connectivity index (χ2v) is 13.8. The molecule has 2 heterocycles. The molecule has 13 nitrogen and oxygen atoms in total. The predicted octanol–water partition coefficient (Wildman–Crippen LogP) is 0.876. The molecule has 5 rings (SSSR count). The Morgan fingerprint density at radius 3 is 2.44 bits per heavy atom. The summed E-state index contributed by atoms with van der Waals surface area (Å²) >= 11 is 0. The van der Waals surface area contributed by atoms with Crippen LogP contribution >= 0.6 is 0 Å². The van der Waals surface area contributed by atoms with Gasteiger partial charge in [-0.05, 0) is 50.0 Å². The molecule has 0 aromatic carbocycles. The average Bonchev–Trinajstić information content (AvgIpc) is 3.28. The molecular formula is C32H43NO12. The third kappa shape index (κ3) is 4.52. The van der Waals surface area contributed by atoms with Crippen molar-refractivity contribution in [3.05, 3.63) is 23.0 Å². The Labute approximate surface area is 261 Å². The van der Waals surface area contributed by atoms with Gasteiger partial charge in [-0.15, -0.1) is 0 Å². The first kappa shape index (κ1) is 33.2. The van der Waals surface area contributed by atoms with Crippen LogP contribution in [0.4, 0.5) is 0 Å². The van der Waals surface area contributed by atoms with E-state index in [1.807, 2.05) is 6.92 Å². The fourth-order valence-electron chi connectivity index (χ4n) is 9.03. The van der Waals surface area contributed by atoms with Gasteiger partial charge in [0, 0.05) is 23.8 Å². The number of rotatable bonds is 7. The van der Waals surface area contributed by atoms with E-state index >= 15 is 0 Å². The summed E-state index contributed by atoms with van der Waals surface area (Å²) in [7, 11) is 1.08. The van der Waals surface area contributed by atoms with Crippen LogP contribution in [0.25, 0.3) is 0 Å². The van der Waals surface area contributed by atoms with Gasteiger partial charge in [0.15, 0.2) is 11.5 Å². The molecule has 1 spiro atoms. The fourth-order valence-corrected chi connectivity index (χ4v) is 9.03. The second kappa shape index (κ2) is 11.3. The highest BCUT2D eigenvalue weighted by atomic mass is 16.6. The number of carbonyl (C=O) groups excluding carboxylic acids is 5. The molecule has 45 heavy (non-hydrogen) atoms. The number of methoxy groups -OCH3 is 1. The molecule has 0 amide bonds. The number of fused-ring (bicyclic) bond motifs is 2. The van der Waals surface area contributed by atoms with Gasteiger partial charge in [-0.2, -0.15) is 0 Å². The van der Waals surface area contributed by atoms with Gasteiger partial charge in [0.25, 0.3) is 0 Å². The monoisotopic (exact) mass is 633 g/mol. The quantitative estimate of drug-likeness (QED) is 0.203. The summed E-state index contributed by atoms with van der Waals surface area (Å²) in [6.45, 7) is 10.2. The van der Waals surface area contributed by atoms with E-state index < -0.39 is 94.3 Å². The predicted molar refractivity (Wildman–Crippen MR) is 153 cm³/mol. The van der Waals surface area contributed by atoms with Gasteiger partial charge in [0.05, 0.1) is 25.7 Å². The Morgan fingerprint density at radius 2 is 1.84 bits per heavy atom. The lowest BCUT2D eigenvalue weighted by atomic mass is 9.38. The molecule has 2 bridgehead atoms. The van der Waals surface area contributed by atoms with E-state index in [0.717, 1.165) is 7.11 Å². The number of aliphatic hydroxyl groups is 2. The molecule has 4 fully saturated rings. The van der Waals surface area contributed by atoms with Crippen LogP contribution in [0.3, 0.4) is 0 Å². The van der Waals surface area contributed by atoms with Crippen LogP contribution in [0.2, 0.25) is 0 Å². The summed E-state index contributed by atoms with van der Waals surface area (Å²) in [5.41, 5.74) is 2.37. The number of ketones is 1. The van der Waals surface area contributed by atoms with Gasteiger partial charge in [-0.25, -0.2) is 19.2 Å². The largest absolute Gasteiger partial charge is 0.467 e. The van der Waals surface area contributed by atoms with E-state index in [2.05, 4.69) is 0 Å². The maximum absolute atomic E-state index is 13.8. The van der Waals surface area contributed by atoms with E-state index in [-0.39, 0.29) is 31.1 Å². The SMILES string of the molecule is CC[C@H](C)[C@H](N)C(=O)OC1=C(C)[C@@H]2C[C@H]3OC(=O)C(OC(=O)C=C(C)C)[C@H]4[C@]5(C(=O)OC)OC[C@]34C([C@@H](O)[C@@H]5O)[C@@]2(C)CC1=O. The molecule has 2 saturated heterocycles. The van der Waals surface area contributed by atoms with E-state index in [1.54, 1.807) is 34.6 Å². The fraction of sp³-hybridized carbons (Fsp3) is 0.719. The topological polar surface area (TPSA) is 198 Å². The highest BCUT2D eigenvalue weighted by Gasteiger charge is 2.85. The maximum atomic E-state index is 13.8. The van der Waals surface area contributed by atoms with Crippen molar-refractivity contribution >= 4 is 29.7 Å². The molecule has 5 aliphatic rings. The van der Waals surface area contributed by atoms with Crippen molar-refractivity contribution in [1.82, 2.24) is 0 Å². The van der Waals surface area contributed by atoms with E-state index in [4.69, 9.17) is 29.4 Å². The second-order valence-electron chi connectivity index (χ2n) is 13.8. The Hall–Kier alpha value is -3.13. The number of esters is 4. The molecule has 13 heteroatoms. The Bertz CT molecular complexity index is 1380. The van der Waals surface area contributed by atoms with E-state index in [0.29, 0.717) is 17.6 Å². The van der Waals surface area contributed by atoms with Crippen molar-refractivity contribution in [1.29, 1.82) is 0 Å². The first-order valence-electron chi connectivity index (χ1n) is 15.4. The summed E-state index contributed by atoms with van der Waals surface area (Å²) in [4.78, 5) is 66.7. The minimum atomic E-state index is -2.27. The van der Waals surface area contributed by atoms with Crippen LogP contribution in [0.5, 0.6) is 0 Å². The third-order valence-corrected chi connectivity index (χ3v) is 11.2. The first-order valence-corrected chi connectivity index (χ1v) is 15.4. The van der Waals surface area contributed by atoms with Crippen molar-refractivity contribution < 1.29 is 57.9 Å². The smallest absolute Gasteiger partial charge is 0.348 e. The molecule has 2 unspecified atom stereocenters. The number of carbonyl (C=O) groups is 5. The lowest BCUT2D eigenvalue weighted by Gasteiger charge is -2.67. The van der Waals surface area contributed by atoms with Crippen molar-refractivity contribution in [3.63, 3.8) is 0 Å². The zero-order valence-electron chi connectivity index (χ0n) is 26.7. The number of ether oxygens (including phenoxy) is 5. The minimum Gasteiger partial charge on any atom is -0.467 e. The number of aliphatic hydroxyl groups excluding tert-OH is 2. The Balaban J connectivity index is 1.64. The molecule has 12 atom stereocenters. The Morgan fingerprint density at radius 1 is 1.18 bits per heavy atom. The summed E-state index contributed by atoms with van der Waals surface area (Å²) in [5.74, 6) is -7.28. The summed E-state index contributed by atoms with van der Waals surface area (Å²) in [5, 5.41) is 23.6. The summed E-state index contributed by atoms with van der Waals surface area (Å²) < 4.78 is 28.4. The highest BCUT2D eigenvalue weighted by Crippen LogP contribution is 2.72. The van der Waals surface area contributed by atoms with E-state index in [9.17, 15) is 34.2 Å². The van der Waals surface area contributed by atoms with Gasteiger partial charge in [-0.3, -0.25) is 4.79 Å². The molecule has 2 aliphatic heterocycles. The summed E-state index contributed by atoms with van der Waals surface area (Å²) in [6.07, 6.45) is -4.53. The molecular weight excluding hydrogens is 590 g/mol. The maximum Gasteiger partial charge on any atom is 0.348 e. The zero-order valence-corrected chi connectivity index (χ0v) is 26.7. The number of Topliss-reactive ketones (excluding diaryl/α,β-unsaturated/α-hetero) is 1. The molecule has 248 valence electrons. The lowest BCUT2D eigenvalue weighted by Crippen LogP contribution is -2.79. The summed E-state index contributed by atoms with van der Waals surface area (Å²) in [6, 6.07) is -0.950. The van der Waals surface area contributed by atoms with Gasteiger partial charge < -0.3 is 39.6 Å². The van der Waals surface area contributed by atoms with Crippen LogP contribution in [0.1, 0.15) is 60.8 Å². The average molecular weight is 634 g/mol. The minimum absolute atomic E-state index is 0.116. The molecule has 2 saturated carbocycles.